The number of halogens is 1. The summed E-state index contributed by atoms with van der Waals surface area (Å²) in [5, 5.41) is 16.1. The van der Waals surface area contributed by atoms with Crippen molar-refractivity contribution in [1.29, 1.82) is 5.26 Å². The number of rotatable bonds is 4. The Hall–Kier alpha value is -1.52. The van der Waals surface area contributed by atoms with E-state index in [2.05, 4.69) is 32.2 Å². The van der Waals surface area contributed by atoms with Gasteiger partial charge in [-0.3, -0.25) is 4.57 Å². The van der Waals surface area contributed by atoms with Crippen molar-refractivity contribution < 1.29 is 0 Å². The van der Waals surface area contributed by atoms with Crippen LogP contribution in [-0.2, 0) is 6.54 Å². The van der Waals surface area contributed by atoms with Crippen molar-refractivity contribution in [2.45, 2.75) is 29.9 Å². The summed E-state index contributed by atoms with van der Waals surface area (Å²) in [5.74, 6) is 0. The van der Waals surface area contributed by atoms with Gasteiger partial charge in [0.1, 0.15) is 6.07 Å². The van der Waals surface area contributed by atoms with Gasteiger partial charge in [0.05, 0.1) is 5.56 Å². The number of hydrogen-bond acceptors (Lipinski definition) is 4. The summed E-state index contributed by atoms with van der Waals surface area (Å²) in [6.07, 6.45) is 0.846. The van der Waals surface area contributed by atoms with Crippen LogP contribution in [0.2, 0.25) is 0 Å². The Balaban J connectivity index is 2.37. The summed E-state index contributed by atoms with van der Waals surface area (Å²) in [6, 6.07) is 7.58. The third kappa shape index (κ3) is 3.08. The Labute approximate surface area is 122 Å². The van der Waals surface area contributed by atoms with Gasteiger partial charge in [0.25, 0.3) is 0 Å². The van der Waals surface area contributed by atoms with Gasteiger partial charge in [0.2, 0.25) is 0 Å². The average Bonchev–Trinajstić information content (AvgIpc) is 2.74. The molecule has 1 N–H and O–H groups in total. The monoisotopic (exact) mass is 338 g/mol. The summed E-state index contributed by atoms with van der Waals surface area (Å²) >= 11 is 4.64. The lowest BCUT2D eigenvalue weighted by Gasteiger charge is -2.05. The fraction of sp³-hybridized carbons (Fsp3) is 0.250. The molecule has 98 valence electrons. The van der Waals surface area contributed by atoms with Crippen LogP contribution in [0.5, 0.6) is 0 Å². The highest BCUT2D eigenvalue weighted by Crippen LogP contribution is 2.30. The first-order chi connectivity index (χ1) is 9.15. The van der Waals surface area contributed by atoms with Crippen LogP contribution in [-0.4, -0.2) is 14.8 Å². The predicted octanol–water partition coefficient (Wildman–Crippen LogP) is 2.77. The minimum atomic E-state index is -0.222. The second kappa shape index (κ2) is 6.08. The zero-order valence-corrected chi connectivity index (χ0v) is 12.6. The first kappa shape index (κ1) is 13.9. The normalized spacial score (nSPS) is 10.4. The molecule has 1 aromatic carbocycles. The lowest BCUT2D eigenvalue weighted by atomic mass is 10.2. The molecule has 0 aliphatic heterocycles. The third-order valence-corrected chi connectivity index (χ3v) is 4.00. The lowest BCUT2D eigenvalue weighted by molar-refractivity contribution is 0.604. The molecule has 0 amide bonds. The summed E-state index contributed by atoms with van der Waals surface area (Å²) in [5.41, 5.74) is 0.331. The molecule has 19 heavy (non-hydrogen) atoms. The molecule has 0 bridgehead atoms. The molecule has 0 aliphatic rings. The molecule has 2 rings (SSSR count). The van der Waals surface area contributed by atoms with Crippen molar-refractivity contribution in [1.82, 2.24) is 14.8 Å². The number of nitrogens with zero attached hydrogens (tertiary/aromatic N) is 3. The van der Waals surface area contributed by atoms with Gasteiger partial charge < -0.3 is 0 Å². The van der Waals surface area contributed by atoms with Crippen molar-refractivity contribution in [3.05, 3.63) is 38.7 Å². The molecule has 0 spiro atoms. The maximum atomic E-state index is 11.6. The van der Waals surface area contributed by atoms with E-state index in [4.69, 9.17) is 5.26 Å². The second-order valence-corrected chi connectivity index (χ2v) is 5.74. The quantitative estimate of drug-likeness (QED) is 0.929. The van der Waals surface area contributed by atoms with Crippen LogP contribution in [0.1, 0.15) is 18.9 Å². The van der Waals surface area contributed by atoms with Gasteiger partial charge >= 0.3 is 5.69 Å². The molecule has 0 unspecified atom stereocenters. The van der Waals surface area contributed by atoms with Crippen LogP contribution in [0.4, 0.5) is 0 Å². The van der Waals surface area contributed by atoms with Crippen molar-refractivity contribution in [2.75, 3.05) is 0 Å². The Kier molecular flexibility index (Phi) is 4.45. The number of aromatic nitrogens is 3. The van der Waals surface area contributed by atoms with Gasteiger partial charge in [-0.15, -0.1) is 5.10 Å². The molecule has 2 aromatic rings. The van der Waals surface area contributed by atoms with Crippen molar-refractivity contribution in [2.24, 2.45) is 0 Å². The Morgan fingerprint density at radius 2 is 2.37 bits per heavy atom. The molecule has 0 saturated heterocycles. The summed E-state index contributed by atoms with van der Waals surface area (Å²) in [7, 11) is 0. The molecular formula is C12H11BrN4OS. The highest BCUT2D eigenvalue weighted by molar-refractivity contribution is 9.10. The molecule has 7 heteroatoms. The first-order valence-corrected chi connectivity index (χ1v) is 7.29. The SMILES string of the molecule is CCCn1c(Sc2ccc(Br)cc2C#N)n[nH]c1=O. The van der Waals surface area contributed by atoms with E-state index in [1.165, 1.54) is 11.8 Å². The van der Waals surface area contributed by atoms with Crippen molar-refractivity contribution in [3.63, 3.8) is 0 Å². The number of nitriles is 1. The highest BCUT2D eigenvalue weighted by Gasteiger charge is 2.12. The van der Waals surface area contributed by atoms with Gasteiger partial charge in [-0.2, -0.15) is 5.26 Å². The second-order valence-electron chi connectivity index (χ2n) is 3.82. The average molecular weight is 339 g/mol. The Morgan fingerprint density at radius 1 is 1.58 bits per heavy atom. The van der Waals surface area contributed by atoms with Crippen LogP contribution in [0.25, 0.3) is 0 Å². The fourth-order valence-corrected chi connectivity index (χ4v) is 2.86. The molecule has 0 atom stereocenters. The van der Waals surface area contributed by atoms with E-state index in [0.29, 0.717) is 17.3 Å². The maximum Gasteiger partial charge on any atom is 0.343 e. The minimum absolute atomic E-state index is 0.222. The Bertz CT molecular complexity index is 686. The Morgan fingerprint density at radius 3 is 3.05 bits per heavy atom. The van der Waals surface area contributed by atoms with E-state index in [9.17, 15) is 4.79 Å². The topological polar surface area (TPSA) is 74.5 Å². The molecule has 1 aromatic heterocycles. The molecule has 0 saturated carbocycles. The lowest BCUT2D eigenvalue weighted by Crippen LogP contribution is -2.17. The van der Waals surface area contributed by atoms with E-state index in [1.807, 2.05) is 19.1 Å². The van der Waals surface area contributed by atoms with Gasteiger partial charge in [0.15, 0.2) is 5.16 Å². The highest BCUT2D eigenvalue weighted by atomic mass is 79.9. The first-order valence-electron chi connectivity index (χ1n) is 5.68. The maximum absolute atomic E-state index is 11.6. The van der Waals surface area contributed by atoms with Gasteiger partial charge in [-0.1, -0.05) is 22.9 Å². The number of nitrogens with one attached hydrogen (secondary N) is 1. The third-order valence-electron chi connectivity index (χ3n) is 2.43. The van der Waals surface area contributed by atoms with E-state index in [-0.39, 0.29) is 5.69 Å². The largest absolute Gasteiger partial charge is 0.343 e. The molecule has 5 nitrogen and oxygen atoms in total. The van der Waals surface area contributed by atoms with E-state index in [1.54, 1.807) is 10.6 Å². The molecule has 0 fully saturated rings. The summed E-state index contributed by atoms with van der Waals surface area (Å²) < 4.78 is 2.43. The van der Waals surface area contributed by atoms with Crippen LogP contribution < -0.4 is 5.69 Å². The fourth-order valence-electron chi connectivity index (χ4n) is 1.58. The van der Waals surface area contributed by atoms with Crippen LogP contribution >= 0.6 is 27.7 Å². The van der Waals surface area contributed by atoms with Crippen molar-refractivity contribution >= 4 is 27.7 Å². The minimum Gasteiger partial charge on any atom is -0.270 e. The smallest absolute Gasteiger partial charge is 0.270 e. The number of aromatic amines is 1. The standard InChI is InChI=1S/C12H11BrN4OS/c1-2-5-17-11(18)15-16-12(17)19-10-4-3-9(13)6-8(10)7-14/h3-4,6H,2,5H2,1H3,(H,15,18). The van der Waals surface area contributed by atoms with E-state index >= 15 is 0 Å². The molecule has 1 heterocycles. The van der Waals surface area contributed by atoms with E-state index < -0.39 is 0 Å². The zero-order valence-electron chi connectivity index (χ0n) is 10.2. The number of H-pyrrole nitrogens is 1. The van der Waals surface area contributed by atoms with Gasteiger partial charge in [-0.25, -0.2) is 9.89 Å². The summed E-state index contributed by atoms with van der Waals surface area (Å²) in [6.45, 7) is 2.60. The number of hydrogen-bond donors (Lipinski definition) is 1. The van der Waals surface area contributed by atoms with Crippen LogP contribution in [0.15, 0.2) is 37.5 Å². The number of benzene rings is 1. The van der Waals surface area contributed by atoms with Crippen molar-refractivity contribution in [3.8, 4) is 6.07 Å². The van der Waals surface area contributed by atoms with Gasteiger partial charge in [-0.05, 0) is 36.4 Å². The predicted molar refractivity (Wildman–Crippen MR) is 76.1 cm³/mol. The van der Waals surface area contributed by atoms with E-state index in [0.717, 1.165) is 15.8 Å². The zero-order chi connectivity index (χ0) is 13.8. The molecular weight excluding hydrogens is 328 g/mol. The van der Waals surface area contributed by atoms with Crippen LogP contribution in [0, 0.1) is 11.3 Å². The van der Waals surface area contributed by atoms with Gasteiger partial charge in [0, 0.05) is 15.9 Å². The summed E-state index contributed by atoms with van der Waals surface area (Å²) in [4.78, 5) is 12.4. The molecule has 0 radical (unpaired) electrons. The van der Waals surface area contributed by atoms with Crippen LogP contribution in [0.3, 0.4) is 0 Å². The molecule has 0 aliphatic carbocycles.